The third-order valence-electron chi connectivity index (χ3n) is 8.13. The Hall–Kier alpha value is -4.42. The molecule has 5 rings (SSSR count). The molecule has 1 heterocycles. The van der Waals surface area contributed by atoms with Crippen molar-refractivity contribution in [2.75, 3.05) is 5.75 Å². The molecule has 4 aromatic rings. The van der Waals surface area contributed by atoms with Crippen LogP contribution in [0, 0.1) is 16.7 Å². The predicted octanol–water partition coefficient (Wildman–Crippen LogP) is 9.10. The number of carboxylic acids is 2. The first-order chi connectivity index (χ1) is 22.9. The maximum atomic E-state index is 10.7. The van der Waals surface area contributed by atoms with E-state index in [4.69, 9.17) is 26.8 Å². The Morgan fingerprint density at radius 3 is 2.38 bits per heavy atom. The van der Waals surface area contributed by atoms with Crippen LogP contribution in [0.25, 0.3) is 23.1 Å². The second kappa shape index (κ2) is 16.6. The maximum Gasteiger partial charge on any atom is 0.328 e. The minimum atomic E-state index is -1.26. The number of rotatable bonds is 13. The number of hydrogen-bond donors (Lipinski definition) is 3. The summed E-state index contributed by atoms with van der Waals surface area (Å²) in [5.74, 6) is -1.51. The van der Waals surface area contributed by atoms with Gasteiger partial charge < -0.3 is 15.3 Å². The molecule has 48 heavy (non-hydrogen) atoms. The van der Waals surface area contributed by atoms with Gasteiger partial charge in [0, 0.05) is 40.0 Å². The molecule has 3 N–H and O–H groups in total. The highest BCUT2D eigenvalue weighted by Gasteiger charge is 2.42. The van der Waals surface area contributed by atoms with Crippen molar-refractivity contribution < 1.29 is 24.9 Å². The zero-order valence-corrected chi connectivity index (χ0v) is 28.5. The normalized spacial score (nSPS) is 14.3. The highest BCUT2D eigenvalue weighted by atomic mass is 35.5. The first-order valence-corrected chi connectivity index (χ1v) is 17.1. The number of halogens is 1. The third-order valence-corrected chi connectivity index (χ3v) is 10.1. The molecule has 0 bridgehead atoms. The SMILES string of the molecule is CC(C)(O)c1ccccc1CC[C@@H](SCC1(CC#N)CC1)c1cccc(/C=C/c2ccc3ccc(Cl)cc3n2)c1.O=C(O)/C=C\C(=O)O. The van der Waals surface area contributed by atoms with Crippen molar-refractivity contribution in [1.82, 2.24) is 4.98 Å². The molecular formula is C39H39ClN2O5S. The van der Waals surface area contributed by atoms with Gasteiger partial charge in [-0.15, -0.1) is 0 Å². The minimum absolute atomic E-state index is 0.185. The fourth-order valence-corrected chi connectivity index (χ4v) is 7.08. The summed E-state index contributed by atoms with van der Waals surface area (Å²) < 4.78 is 0. The van der Waals surface area contributed by atoms with Crippen LogP contribution in [0.1, 0.15) is 72.7 Å². The average molecular weight is 683 g/mol. The van der Waals surface area contributed by atoms with Crippen LogP contribution >= 0.6 is 23.4 Å². The summed E-state index contributed by atoms with van der Waals surface area (Å²) in [6, 6.07) is 29.2. The number of hydrogen-bond acceptors (Lipinski definition) is 6. The van der Waals surface area contributed by atoms with Crippen molar-refractivity contribution in [2.45, 2.75) is 56.8 Å². The van der Waals surface area contributed by atoms with E-state index in [1.165, 1.54) is 11.1 Å². The molecular weight excluding hydrogens is 644 g/mol. The van der Waals surface area contributed by atoms with E-state index in [-0.39, 0.29) is 5.41 Å². The van der Waals surface area contributed by atoms with Gasteiger partial charge in [0.05, 0.1) is 22.9 Å². The number of aliphatic carboxylic acids is 2. The molecule has 0 amide bonds. The number of thioether (sulfide) groups is 1. The summed E-state index contributed by atoms with van der Waals surface area (Å²) in [7, 11) is 0. The second-order valence-corrected chi connectivity index (χ2v) is 14.1. The molecule has 9 heteroatoms. The van der Waals surface area contributed by atoms with E-state index in [9.17, 15) is 20.0 Å². The quantitative estimate of drug-likeness (QED) is 0.119. The molecule has 0 radical (unpaired) electrons. The Bertz CT molecular complexity index is 1840. The third kappa shape index (κ3) is 11.1. The largest absolute Gasteiger partial charge is 0.478 e. The van der Waals surface area contributed by atoms with Crippen LogP contribution in [0.15, 0.2) is 91.0 Å². The van der Waals surface area contributed by atoms with E-state index < -0.39 is 17.5 Å². The lowest BCUT2D eigenvalue weighted by atomic mass is 9.90. The molecule has 1 saturated carbocycles. The summed E-state index contributed by atoms with van der Waals surface area (Å²) in [5, 5.41) is 37.7. The van der Waals surface area contributed by atoms with Gasteiger partial charge in [-0.25, -0.2) is 14.6 Å². The minimum Gasteiger partial charge on any atom is -0.478 e. The summed E-state index contributed by atoms with van der Waals surface area (Å²) in [5.41, 5.74) is 5.69. The summed E-state index contributed by atoms with van der Waals surface area (Å²) in [4.78, 5) is 23.9. The van der Waals surface area contributed by atoms with Crippen molar-refractivity contribution >= 4 is 58.4 Å². The van der Waals surface area contributed by atoms with Crippen LogP contribution < -0.4 is 0 Å². The zero-order valence-electron chi connectivity index (χ0n) is 27.0. The van der Waals surface area contributed by atoms with Crippen molar-refractivity contribution in [3.8, 4) is 6.07 Å². The molecule has 1 aromatic heterocycles. The van der Waals surface area contributed by atoms with Gasteiger partial charge in [-0.1, -0.05) is 78.3 Å². The fraction of sp³-hybridized carbons (Fsp3) is 0.282. The van der Waals surface area contributed by atoms with E-state index in [1.54, 1.807) is 0 Å². The number of aryl methyl sites for hydroxylation is 1. The van der Waals surface area contributed by atoms with E-state index >= 15 is 0 Å². The van der Waals surface area contributed by atoms with Gasteiger partial charge in [-0.3, -0.25) is 0 Å². The fourth-order valence-electron chi connectivity index (χ4n) is 5.35. The number of nitriles is 1. The second-order valence-electron chi connectivity index (χ2n) is 12.5. The predicted molar refractivity (Wildman–Crippen MR) is 194 cm³/mol. The number of fused-ring (bicyclic) bond motifs is 1. The first kappa shape index (κ1) is 36.4. The van der Waals surface area contributed by atoms with Crippen molar-refractivity contribution in [3.05, 3.63) is 124 Å². The molecule has 0 aliphatic heterocycles. The number of nitrogens with zero attached hydrogens (tertiary/aromatic N) is 2. The molecule has 1 aliphatic carbocycles. The Morgan fingerprint density at radius 1 is 1.00 bits per heavy atom. The molecule has 3 aromatic carbocycles. The van der Waals surface area contributed by atoms with Gasteiger partial charge in [-0.05, 0) is 91.5 Å². The number of aromatic nitrogens is 1. The van der Waals surface area contributed by atoms with Crippen LogP contribution in [0.2, 0.25) is 5.02 Å². The Balaban J connectivity index is 0.000000579. The van der Waals surface area contributed by atoms with E-state index in [2.05, 4.69) is 54.6 Å². The average Bonchev–Trinajstić information content (AvgIpc) is 3.82. The maximum absolute atomic E-state index is 10.7. The van der Waals surface area contributed by atoms with Gasteiger partial charge in [0.1, 0.15) is 0 Å². The molecule has 0 saturated heterocycles. The molecule has 1 atom stereocenters. The van der Waals surface area contributed by atoms with Crippen molar-refractivity contribution in [1.29, 1.82) is 5.26 Å². The molecule has 1 aliphatic rings. The van der Waals surface area contributed by atoms with Gasteiger partial charge in [0.25, 0.3) is 0 Å². The lowest BCUT2D eigenvalue weighted by molar-refractivity contribution is -0.134. The summed E-state index contributed by atoms with van der Waals surface area (Å²) >= 11 is 8.15. The molecule has 0 unspecified atom stereocenters. The van der Waals surface area contributed by atoms with E-state index in [1.807, 2.05) is 68.1 Å². The van der Waals surface area contributed by atoms with E-state index in [0.717, 1.165) is 59.2 Å². The smallest absolute Gasteiger partial charge is 0.328 e. The Kier molecular flexibility index (Phi) is 12.6. The molecule has 0 spiro atoms. The summed E-state index contributed by atoms with van der Waals surface area (Å²) in [6.45, 7) is 3.71. The molecule has 1 fully saturated rings. The first-order valence-electron chi connectivity index (χ1n) is 15.7. The molecule has 7 nitrogen and oxygen atoms in total. The van der Waals surface area contributed by atoms with Crippen LogP contribution in [0.3, 0.4) is 0 Å². The highest BCUT2D eigenvalue weighted by Crippen LogP contribution is 2.53. The van der Waals surface area contributed by atoms with Crippen LogP contribution in [0.4, 0.5) is 0 Å². The van der Waals surface area contributed by atoms with Crippen LogP contribution in [-0.2, 0) is 21.6 Å². The lowest BCUT2D eigenvalue weighted by Crippen LogP contribution is -2.18. The number of carbonyl (C=O) groups is 2. The number of carboxylic acid groups (broad SMARTS) is 2. The van der Waals surface area contributed by atoms with Gasteiger partial charge in [0.15, 0.2) is 0 Å². The topological polar surface area (TPSA) is 132 Å². The van der Waals surface area contributed by atoms with Gasteiger partial charge in [-0.2, -0.15) is 17.0 Å². The number of pyridine rings is 1. The zero-order chi connectivity index (χ0) is 34.7. The monoisotopic (exact) mass is 682 g/mol. The van der Waals surface area contributed by atoms with Gasteiger partial charge in [0.2, 0.25) is 0 Å². The Labute approximate surface area is 290 Å². The number of aliphatic hydroxyl groups is 1. The van der Waals surface area contributed by atoms with E-state index in [0.29, 0.717) is 28.8 Å². The van der Waals surface area contributed by atoms with Gasteiger partial charge >= 0.3 is 11.9 Å². The van der Waals surface area contributed by atoms with Crippen molar-refractivity contribution in [3.63, 3.8) is 0 Å². The van der Waals surface area contributed by atoms with Crippen LogP contribution in [0.5, 0.6) is 0 Å². The highest BCUT2D eigenvalue weighted by molar-refractivity contribution is 7.99. The standard InChI is InChI=1S/C35H35ClN2OS.C4H4O4/c1-34(2,39)31-9-4-3-7-26(31)13-17-33(40-24-35(18-19-35)20-21-37)28-8-5-6-25(22-28)10-15-30-16-12-27-11-14-29(36)23-32(27)38-30;5-3(6)1-2-4(7)8/h3-12,14-16,22-23,33,39H,13,17-20,24H2,1-2H3;1-2H,(H,5,6)(H,7,8)/b15-10+;2-1-/t33-;/m1./s1. The number of benzene rings is 3. The van der Waals surface area contributed by atoms with Crippen LogP contribution in [-0.4, -0.2) is 38.0 Å². The lowest BCUT2D eigenvalue weighted by Gasteiger charge is -2.24. The van der Waals surface area contributed by atoms with Crippen molar-refractivity contribution in [2.24, 2.45) is 5.41 Å². The molecule has 248 valence electrons. The Morgan fingerprint density at radius 2 is 1.71 bits per heavy atom. The summed E-state index contributed by atoms with van der Waals surface area (Å²) in [6.07, 6.45) is 10.1.